The van der Waals surface area contributed by atoms with E-state index in [0.29, 0.717) is 5.75 Å². The summed E-state index contributed by atoms with van der Waals surface area (Å²) in [5.74, 6) is -1.71. The first-order valence-corrected chi connectivity index (χ1v) is 8.45. The highest BCUT2D eigenvalue weighted by molar-refractivity contribution is 6.01. The highest BCUT2D eigenvalue weighted by Gasteiger charge is 2.18. The van der Waals surface area contributed by atoms with Gasteiger partial charge in [0.25, 0.3) is 0 Å². The van der Waals surface area contributed by atoms with E-state index in [1.165, 1.54) is 32.4 Å². The van der Waals surface area contributed by atoms with Crippen molar-refractivity contribution in [2.24, 2.45) is 0 Å². The minimum atomic E-state index is -0.706. The first-order valence-electron chi connectivity index (χ1n) is 8.45. The molecule has 6 heteroatoms. The number of rotatable bonds is 4. The monoisotopic (exact) mass is 378 g/mol. The number of methoxy groups -OCH3 is 2. The lowest BCUT2D eigenvalue weighted by Gasteiger charge is -2.09. The molecule has 0 heterocycles. The average Bonchev–Trinajstić information content (AvgIpc) is 2.72. The van der Waals surface area contributed by atoms with Crippen LogP contribution in [0.2, 0.25) is 0 Å². The Morgan fingerprint density at radius 1 is 0.643 bits per heavy atom. The molecule has 0 aromatic heterocycles. The second kappa shape index (κ2) is 7.92. The van der Waals surface area contributed by atoms with E-state index >= 15 is 0 Å². The molecule has 0 unspecified atom stereocenters. The molecule has 0 fully saturated rings. The van der Waals surface area contributed by atoms with Gasteiger partial charge >= 0.3 is 17.9 Å². The Kier molecular flexibility index (Phi) is 5.40. The number of fused-ring (bicyclic) bond motifs is 1. The predicted molar refractivity (Wildman–Crippen MR) is 103 cm³/mol. The van der Waals surface area contributed by atoms with E-state index in [2.05, 4.69) is 9.47 Å². The first-order chi connectivity index (χ1) is 13.4. The standard InChI is InChI=1S/C22H18O6/c1-13-4-5-15-12-19(7-6-14(15)8-13)28-22(25)18-10-16(20(23)26-2)9-17(11-18)21(24)27-3/h4-12H,1-3H3. The fourth-order valence-corrected chi connectivity index (χ4v) is 2.79. The van der Waals surface area contributed by atoms with Gasteiger partial charge in [0.2, 0.25) is 0 Å². The number of carbonyl (C=O) groups excluding carboxylic acids is 3. The molecule has 0 N–H and O–H groups in total. The quantitative estimate of drug-likeness (QED) is 0.505. The maximum atomic E-state index is 12.6. The number of benzene rings is 3. The van der Waals surface area contributed by atoms with Crippen molar-refractivity contribution in [3.63, 3.8) is 0 Å². The van der Waals surface area contributed by atoms with Crippen LogP contribution in [0.25, 0.3) is 10.8 Å². The third-order valence-electron chi connectivity index (χ3n) is 4.19. The summed E-state index contributed by atoms with van der Waals surface area (Å²) in [7, 11) is 2.42. The smallest absolute Gasteiger partial charge is 0.343 e. The van der Waals surface area contributed by atoms with Crippen molar-refractivity contribution in [2.45, 2.75) is 6.92 Å². The molecule has 0 aliphatic rings. The van der Waals surface area contributed by atoms with Crippen molar-refractivity contribution in [1.29, 1.82) is 0 Å². The van der Waals surface area contributed by atoms with Gasteiger partial charge in [-0.1, -0.05) is 29.8 Å². The van der Waals surface area contributed by atoms with Gasteiger partial charge in [0, 0.05) is 0 Å². The molecule has 0 radical (unpaired) electrons. The van der Waals surface area contributed by atoms with Gasteiger partial charge in [-0.25, -0.2) is 14.4 Å². The van der Waals surface area contributed by atoms with Crippen LogP contribution < -0.4 is 4.74 Å². The molecule has 0 saturated carbocycles. The lowest BCUT2D eigenvalue weighted by molar-refractivity contribution is 0.0599. The lowest BCUT2D eigenvalue weighted by atomic mass is 10.1. The van der Waals surface area contributed by atoms with Crippen molar-refractivity contribution in [1.82, 2.24) is 0 Å². The molecule has 0 atom stereocenters. The fraction of sp³-hybridized carbons (Fsp3) is 0.136. The molecule has 0 spiro atoms. The molecule has 3 aromatic carbocycles. The molecular weight excluding hydrogens is 360 g/mol. The van der Waals surface area contributed by atoms with Gasteiger partial charge in [0.1, 0.15) is 5.75 Å². The van der Waals surface area contributed by atoms with Crippen LogP contribution in [0.1, 0.15) is 36.6 Å². The molecule has 28 heavy (non-hydrogen) atoms. The Morgan fingerprint density at radius 2 is 1.14 bits per heavy atom. The van der Waals surface area contributed by atoms with Crippen LogP contribution in [0, 0.1) is 6.92 Å². The van der Waals surface area contributed by atoms with Crippen LogP contribution in [0.15, 0.2) is 54.6 Å². The van der Waals surface area contributed by atoms with Gasteiger partial charge < -0.3 is 14.2 Å². The third-order valence-corrected chi connectivity index (χ3v) is 4.19. The maximum absolute atomic E-state index is 12.6. The Hall–Kier alpha value is -3.67. The number of carbonyl (C=O) groups is 3. The number of aryl methyl sites for hydroxylation is 1. The largest absolute Gasteiger partial charge is 0.465 e. The molecule has 0 saturated heterocycles. The summed E-state index contributed by atoms with van der Waals surface area (Å²) in [6, 6.07) is 15.1. The predicted octanol–water partition coefficient (Wildman–Crippen LogP) is 3.94. The van der Waals surface area contributed by atoms with E-state index in [-0.39, 0.29) is 16.7 Å². The summed E-state index contributed by atoms with van der Waals surface area (Å²) >= 11 is 0. The van der Waals surface area contributed by atoms with Crippen LogP contribution in [0.3, 0.4) is 0 Å². The Balaban J connectivity index is 1.94. The van der Waals surface area contributed by atoms with E-state index in [0.717, 1.165) is 16.3 Å². The van der Waals surface area contributed by atoms with Crippen molar-refractivity contribution in [2.75, 3.05) is 14.2 Å². The van der Waals surface area contributed by atoms with Crippen molar-refractivity contribution in [3.05, 3.63) is 76.9 Å². The summed E-state index contributed by atoms with van der Waals surface area (Å²) in [5.41, 5.74) is 1.26. The van der Waals surface area contributed by atoms with E-state index in [9.17, 15) is 14.4 Å². The fourth-order valence-electron chi connectivity index (χ4n) is 2.79. The summed E-state index contributed by atoms with van der Waals surface area (Å²) < 4.78 is 14.8. The van der Waals surface area contributed by atoms with Crippen LogP contribution in [0.4, 0.5) is 0 Å². The molecule has 142 valence electrons. The number of hydrogen-bond donors (Lipinski definition) is 0. The summed E-state index contributed by atoms with van der Waals surface area (Å²) in [6.07, 6.45) is 0. The molecule has 3 rings (SSSR count). The third kappa shape index (κ3) is 4.01. The van der Waals surface area contributed by atoms with E-state index < -0.39 is 17.9 Å². The molecule has 0 aliphatic carbocycles. The van der Waals surface area contributed by atoms with Crippen LogP contribution in [0.5, 0.6) is 5.75 Å². The molecule has 0 bridgehead atoms. The normalized spacial score (nSPS) is 10.4. The SMILES string of the molecule is COC(=O)c1cc(C(=O)OC)cc(C(=O)Oc2ccc3cc(C)ccc3c2)c1. The Labute approximate surface area is 161 Å². The second-order valence-electron chi connectivity index (χ2n) is 6.18. The van der Waals surface area contributed by atoms with E-state index in [1.54, 1.807) is 12.1 Å². The van der Waals surface area contributed by atoms with Crippen molar-refractivity contribution >= 4 is 28.7 Å². The summed E-state index contributed by atoms with van der Waals surface area (Å²) in [4.78, 5) is 36.3. The van der Waals surface area contributed by atoms with Gasteiger partial charge in [0.15, 0.2) is 0 Å². The van der Waals surface area contributed by atoms with Gasteiger partial charge in [-0.15, -0.1) is 0 Å². The van der Waals surface area contributed by atoms with Gasteiger partial charge in [-0.3, -0.25) is 0 Å². The summed E-state index contributed by atoms with van der Waals surface area (Å²) in [6.45, 7) is 2.00. The van der Waals surface area contributed by atoms with Gasteiger partial charge in [-0.2, -0.15) is 0 Å². The zero-order valence-corrected chi connectivity index (χ0v) is 15.6. The number of ether oxygens (including phenoxy) is 3. The maximum Gasteiger partial charge on any atom is 0.343 e. The summed E-state index contributed by atoms with van der Waals surface area (Å²) in [5, 5.41) is 1.95. The second-order valence-corrected chi connectivity index (χ2v) is 6.18. The molecule has 3 aromatic rings. The molecule has 6 nitrogen and oxygen atoms in total. The molecular formula is C22H18O6. The Morgan fingerprint density at radius 3 is 1.71 bits per heavy atom. The zero-order chi connectivity index (χ0) is 20.3. The van der Waals surface area contributed by atoms with Crippen molar-refractivity contribution < 1.29 is 28.6 Å². The number of hydrogen-bond acceptors (Lipinski definition) is 6. The minimum absolute atomic E-state index is 0.0345. The minimum Gasteiger partial charge on any atom is -0.465 e. The van der Waals surface area contributed by atoms with Gasteiger partial charge in [0.05, 0.1) is 30.9 Å². The van der Waals surface area contributed by atoms with Gasteiger partial charge in [-0.05, 0) is 48.0 Å². The highest BCUT2D eigenvalue weighted by atomic mass is 16.5. The first kappa shape index (κ1) is 19.1. The van der Waals surface area contributed by atoms with Crippen molar-refractivity contribution in [3.8, 4) is 5.75 Å². The highest BCUT2D eigenvalue weighted by Crippen LogP contribution is 2.23. The Bertz CT molecular complexity index is 1050. The van der Waals surface area contributed by atoms with Crippen LogP contribution >= 0.6 is 0 Å². The zero-order valence-electron chi connectivity index (χ0n) is 15.6. The lowest BCUT2D eigenvalue weighted by Crippen LogP contribution is -2.13. The number of esters is 3. The average molecular weight is 378 g/mol. The van der Waals surface area contributed by atoms with Crippen LogP contribution in [-0.4, -0.2) is 32.1 Å². The topological polar surface area (TPSA) is 78.9 Å². The van der Waals surface area contributed by atoms with E-state index in [4.69, 9.17) is 4.74 Å². The van der Waals surface area contributed by atoms with E-state index in [1.807, 2.05) is 31.2 Å². The van der Waals surface area contributed by atoms with Crippen LogP contribution in [-0.2, 0) is 9.47 Å². The molecule has 0 aliphatic heterocycles. The molecule has 0 amide bonds.